The summed E-state index contributed by atoms with van der Waals surface area (Å²) in [7, 11) is 0. The van der Waals surface area contributed by atoms with Crippen molar-refractivity contribution in [2.45, 2.75) is 70.9 Å². The van der Waals surface area contributed by atoms with Gasteiger partial charge in [0.25, 0.3) is 0 Å². The van der Waals surface area contributed by atoms with Crippen LogP contribution in [0.15, 0.2) is 0 Å². The Hall–Kier alpha value is -0.120. The zero-order chi connectivity index (χ0) is 13.2. The molecule has 18 heavy (non-hydrogen) atoms. The molecule has 0 amide bonds. The van der Waals surface area contributed by atoms with E-state index in [-0.39, 0.29) is 12.6 Å². The number of piperidine rings is 1. The van der Waals surface area contributed by atoms with E-state index in [1.165, 1.54) is 38.6 Å². The lowest BCUT2D eigenvalue weighted by atomic mass is 9.97. The van der Waals surface area contributed by atoms with Crippen molar-refractivity contribution in [2.24, 2.45) is 0 Å². The molecular weight excluding hydrogens is 224 g/mol. The summed E-state index contributed by atoms with van der Waals surface area (Å²) in [6.07, 6.45) is 8.98. The Bertz CT molecular complexity index is 197. The van der Waals surface area contributed by atoms with Gasteiger partial charge >= 0.3 is 0 Å². The standard InChI is InChI=1S/C15H32N2O/c1-3-7-15-8-5-6-11-17(15)12-9-14(13-18)16-10-4-2/h14-16,18H,3-13H2,1-2H3. The van der Waals surface area contributed by atoms with Gasteiger partial charge in [0, 0.05) is 12.1 Å². The van der Waals surface area contributed by atoms with E-state index in [0.717, 1.165) is 32.0 Å². The fourth-order valence-electron chi connectivity index (χ4n) is 2.94. The lowest BCUT2D eigenvalue weighted by Gasteiger charge is -2.36. The molecule has 0 radical (unpaired) electrons. The molecule has 1 saturated heterocycles. The molecule has 1 aliphatic rings. The van der Waals surface area contributed by atoms with Crippen LogP contribution in [0.3, 0.4) is 0 Å². The number of likely N-dealkylation sites (tertiary alicyclic amines) is 1. The summed E-state index contributed by atoms with van der Waals surface area (Å²) in [5.74, 6) is 0. The number of hydrogen-bond acceptors (Lipinski definition) is 3. The van der Waals surface area contributed by atoms with Crippen molar-refractivity contribution in [1.29, 1.82) is 0 Å². The first-order chi connectivity index (χ1) is 8.81. The van der Waals surface area contributed by atoms with Crippen molar-refractivity contribution in [3.05, 3.63) is 0 Å². The lowest BCUT2D eigenvalue weighted by Crippen LogP contribution is -2.43. The zero-order valence-electron chi connectivity index (χ0n) is 12.3. The van der Waals surface area contributed by atoms with Crippen LogP contribution in [-0.2, 0) is 0 Å². The molecule has 0 aromatic heterocycles. The molecule has 0 aromatic rings. The molecule has 1 aliphatic heterocycles. The second-order valence-corrected chi connectivity index (χ2v) is 5.60. The molecule has 1 heterocycles. The topological polar surface area (TPSA) is 35.5 Å². The van der Waals surface area contributed by atoms with Gasteiger partial charge in [0.05, 0.1) is 6.61 Å². The molecule has 0 saturated carbocycles. The van der Waals surface area contributed by atoms with Gasteiger partial charge < -0.3 is 15.3 Å². The summed E-state index contributed by atoms with van der Waals surface area (Å²) in [6.45, 7) is 8.15. The zero-order valence-corrected chi connectivity index (χ0v) is 12.3. The van der Waals surface area contributed by atoms with Crippen LogP contribution in [0.5, 0.6) is 0 Å². The van der Waals surface area contributed by atoms with Crippen LogP contribution in [0.25, 0.3) is 0 Å². The van der Waals surface area contributed by atoms with Crippen molar-refractivity contribution in [3.8, 4) is 0 Å². The third kappa shape index (κ3) is 5.68. The van der Waals surface area contributed by atoms with Crippen LogP contribution in [0.1, 0.15) is 58.8 Å². The molecule has 2 unspecified atom stereocenters. The Balaban J connectivity index is 2.29. The normalized spacial score (nSPS) is 23.2. The predicted molar refractivity (Wildman–Crippen MR) is 77.9 cm³/mol. The average Bonchev–Trinajstić information content (AvgIpc) is 2.41. The van der Waals surface area contributed by atoms with Gasteiger partial charge in [-0.15, -0.1) is 0 Å². The van der Waals surface area contributed by atoms with E-state index in [1.54, 1.807) is 0 Å². The van der Waals surface area contributed by atoms with Crippen LogP contribution in [0, 0.1) is 0 Å². The van der Waals surface area contributed by atoms with Gasteiger partial charge in [-0.3, -0.25) is 0 Å². The SMILES string of the molecule is CCCNC(CO)CCN1CCCCC1CCC. The van der Waals surface area contributed by atoms with E-state index in [4.69, 9.17) is 0 Å². The molecule has 1 rings (SSSR count). The Labute approximate surface area is 113 Å². The first kappa shape index (κ1) is 15.9. The maximum absolute atomic E-state index is 9.37. The van der Waals surface area contributed by atoms with E-state index < -0.39 is 0 Å². The summed E-state index contributed by atoms with van der Waals surface area (Å²) >= 11 is 0. The molecule has 0 aromatic carbocycles. The lowest BCUT2D eigenvalue weighted by molar-refractivity contribution is 0.125. The Morgan fingerprint density at radius 1 is 1.28 bits per heavy atom. The number of nitrogens with one attached hydrogen (secondary N) is 1. The summed E-state index contributed by atoms with van der Waals surface area (Å²) in [5, 5.41) is 12.8. The minimum Gasteiger partial charge on any atom is -0.395 e. The molecule has 1 fully saturated rings. The van der Waals surface area contributed by atoms with Gasteiger partial charge in [-0.2, -0.15) is 0 Å². The van der Waals surface area contributed by atoms with Gasteiger partial charge in [-0.25, -0.2) is 0 Å². The van der Waals surface area contributed by atoms with Gasteiger partial charge in [0.15, 0.2) is 0 Å². The Kier molecular flexibility index (Phi) is 8.64. The summed E-state index contributed by atoms with van der Waals surface area (Å²) < 4.78 is 0. The molecule has 0 bridgehead atoms. The van der Waals surface area contributed by atoms with E-state index in [9.17, 15) is 5.11 Å². The fraction of sp³-hybridized carbons (Fsp3) is 1.00. The van der Waals surface area contributed by atoms with Crippen molar-refractivity contribution >= 4 is 0 Å². The predicted octanol–water partition coefficient (Wildman–Crippen LogP) is 2.39. The van der Waals surface area contributed by atoms with Gasteiger partial charge in [0.2, 0.25) is 0 Å². The fourth-order valence-corrected chi connectivity index (χ4v) is 2.94. The van der Waals surface area contributed by atoms with Gasteiger partial charge in [-0.1, -0.05) is 26.7 Å². The highest BCUT2D eigenvalue weighted by atomic mass is 16.3. The number of aliphatic hydroxyl groups excluding tert-OH is 1. The Morgan fingerprint density at radius 2 is 2.11 bits per heavy atom. The van der Waals surface area contributed by atoms with Gasteiger partial charge in [-0.05, 0) is 51.7 Å². The number of nitrogens with zero attached hydrogens (tertiary/aromatic N) is 1. The minimum absolute atomic E-state index is 0.270. The molecule has 2 N–H and O–H groups in total. The molecule has 0 aliphatic carbocycles. The largest absolute Gasteiger partial charge is 0.395 e. The highest BCUT2D eigenvalue weighted by Gasteiger charge is 2.21. The average molecular weight is 256 g/mol. The first-order valence-corrected chi connectivity index (χ1v) is 7.90. The maximum atomic E-state index is 9.37. The molecule has 2 atom stereocenters. The quantitative estimate of drug-likeness (QED) is 0.665. The monoisotopic (exact) mass is 256 g/mol. The van der Waals surface area contributed by atoms with Crippen molar-refractivity contribution in [3.63, 3.8) is 0 Å². The van der Waals surface area contributed by atoms with E-state index >= 15 is 0 Å². The van der Waals surface area contributed by atoms with Crippen molar-refractivity contribution in [2.75, 3.05) is 26.2 Å². The van der Waals surface area contributed by atoms with Crippen LogP contribution in [-0.4, -0.2) is 48.3 Å². The van der Waals surface area contributed by atoms with E-state index in [1.807, 2.05) is 0 Å². The third-order valence-electron chi connectivity index (χ3n) is 4.04. The Morgan fingerprint density at radius 3 is 2.78 bits per heavy atom. The van der Waals surface area contributed by atoms with E-state index in [0.29, 0.717) is 0 Å². The molecule has 3 nitrogen and oxygen atoms in total. The van der Waals surface area contributed by atoms with Crippen molar-refractivity contribution < 1.29 is 5.11 Å². The number of hydrogen-bond donors (Lipinski definition) is 2. The molecule has 108 valence electrons. The molecule has 0 spiro atoms. The summed E-state index contributed by atoms with van der Waals surface area (Å²) in [6, 6.07) is 1.09. The summed E-state index contributed by atoms with van der Waals surface area (Å²) in [4.78, 5) is 2.66. The second kappa shape index (κ2) is 9.76. The highest BCUT2D eigenvalue weighted by Crippen LogP contribution is 2.21. The van der Waals surface area contributed by atoms with Crippen LogP contribution in [0.2, 0.25) is 0 Å². The van der Waals surface area contributed by atoms with Crippen LogP contribution in [0.4, 0.5) is 0 Å². The first-order valence-electron chi connectivity index (χ1n) is 7.90. The summed E-state index contributed by atoms with van der Waals surface area (Å²) in [5.41, 5.74) is 0. The number of aliphatic hydroxyl groups is 1. The maximum Gasteiger partial charge on any atom is 0.0585 e. The van der Waals surface area contributed by atoms with Crippen LogP contribution >= 0.6 is 0 Å². The van der Waals surface area contributed by atoms with Crippen LogP contribution < -0.4 is 5.32 Å². The second-order valence-electron chi connectivity index (χ2n) is 5.60. The number of rotatable bonds is 9. The van der Waals surface area contributed by atoms with E-state index in [2.05, 4.69) is 24.1 Å². The minimum atomic E-state index is 0.270. The third-order valence-corrected chi connectivity index (χ3v) is 4.04. The smallest absolute Gasteiger partial charge is 0.0585 e. The highest BCUT2D eigenvalue weighted by molar-refractivity contribution is 4.78. The molecular formula is C15H32N2O. The van der Waals surface area contributed by atoms with Crippen molar-refractivity contribution in [1.82, 2.24) is 10.2 Å². The van der Waals surface area contributed by atoms with Gasteiger partial charge in [0.1, 0.15) is 0 Å². The molecule has 3 heteroatoms.